The molecule has 2 aromatic carbocycles. The third-order valence-electron chi connectivity index (χ3n) is 5.69. The number of nitrogen functional groups attached to an aromatic ring is 1. The van der Waals surface area contributed by atoms with Crippen LogP contribution >= 0.6 is 22.9 Å². The summed E-state index contributed by atoms with van der Waals surface area (Å²) < 4.78 is 0. The Bertz CT molecular complexity index is 1050. The van der Waals surface area contributed by atoms with Crippen LogP contribution < -0.4 is 10.6 Å². The first-order valence-electron chi connectivity index (χ1n) is 10.1. The number of benzene rings is 2. The molecule has 0 unspecified atom stereocenters. The lowest BCUT2D eigenvalue weighted by atomic mass is 9.99. The van der Waals surface area contributed by atoms with E-state index in [1.807, 2.05) is 0 Å². The molecule has 1 aromatic heterocycles. The van der Waals surface area contributed by atoms with Crippen LogP contribution in [0.25, 0.3) is 0 Å². The molecule has 0 saturated carbocycles. The molecule has 3 aromatic rings. The lowest BCUT2D eigenvalue weighted by Crippen LogP contribution is -2.46. The van der Waals surface area contributed by atoms with Gasteiger partial charge >= 0.3 is 0 Å². The Balaban J connectivity index is 1.49. The van der Waals surface area contributed by atoms with E-state index in [0.717, 1.165) is 43.2 Å². The number of hydrogen-bond donors (Lipinski definition) is 1. The lowest BCUT2D eigenvalue weighted by molar-refractivity contribution is 0.103. The standard InChI is InChI=1S/C24H26ClN3OS/c1-16-4-3-5-20(14-16)28-12-10-27(11-13-28)15-21-17(2)30-24(26)22(21)23(29)18-6-8-19(25)9-7-18/h3-9,14H,10-13,15,26H2,1-2H3. The highest BCUT2D eigenvalue weighted by Gasteiger charge is 2.25. The molecule has 0 radical (unpaired) electrons. The Morgan fingerprint density at radius 3 is 2.43 bits per heavy atom. The van der Waals surface area contributed by atoms with Crippen molar-refractivity contribution in [2.45, 2.75) is 20.4 Å². The van der Waals surface area contributed by atoms with E-state index in [1.165, 1.54) is 22.6 Å². The first-order valence-corrected chi connectivity index (χ1v) is 11.3. The monoisotopic (exact) mass is 439 g/mol. The van der Waals surface area contributed by atoms with Gasteiger partial charge in [-0.3, -0.25) is 9.69 Å². The van der Waals surface area contributed by atoms with Crippen LogP contribution in [-0.4, -0.2) is 36.9 Å². The van der Waals surface area contributed by atoms with Gasteiger partial charge in [-0.1, -0.05) is 23.7 Å². The molecule has 0 bridgehead atoms. The SMILES string of the molecule is Cc1cccc(N2CCN(Cc3c(C)sc(N)c3C(=O)c3ccc(Cl)cc3)CC2)c1. The van der Waals surface area contributed by atoms with Crippen molar-refractivity contribution in [2.75, 3.05) is 36.8 Å². The van der Waals surface area contributed by atoms with E-state index in [2.05, 4.69) is 47.9 Å². The van der Waals surface area contributed by atoms with Crippen molar-refractivity contribution >= 4 is 39.4 Å². The molecule has 4 nitrogen and oxygen atoms in total. The maximum atomic E-state index is 13.2. The maximum absolute atomic E-state index is 13.2. The van der Waals surface area contributed by atoms with E-state index in [1.54, 1.807) is 24.3 Å². The lowest BCUT2D eigenvalue weighted by Gasteiger charge is -2.36. The molecular formula is C24H26ClN3OS. The van der Waals surface area contributed by atoms with Gasteiger partial charge < -0.3 is 10.6 Å². The predicted octanol–water partition coefficient (Wildman–Crippen LogP) is 5.15. The number of piperazine rings is 1. The van der Waals surface area contributed by atoms with E-state index >= 15 is 0 Å². The largest absolute Gasteiger partial charge is 0.390 e. The zero-order valence-electron chi connectivity index (χ0n) is 17.3. The van der Waals surface area contributed by atoms with E-state index in [-0.39, 0.29) is 5.78 Å². The van der Waals surface area contributed by atoms with Crippen LogP contribution in [0.3, 0.4) is 0 Å². The van der Waals surface area contributed by atoms with Gasteiger partial charge in [-0.25, -0.2) is 0 Å². The number of nitrogens with zero attached hydrogens (tertiary/aromatic N) is 2. The van der Waals surface area contributed by atoms with Crippen molar-refractivity contribution < 1.29 is 4.79 Å². The molecule has 2 heterocycles. The topological polar surface area (TPSA) is 49.6 Å². The molecule has 1 aliphatic heterocycles. The Morgan fingerprint density at radius 1 is 1.07 bits per heavy atom. The summed E-state index contributed by atoms with van der Waals surface area (Å²) in [5.41, 5.74) is 11.2. The van der Waals surface area contributed by atoms with Crippen LogP contribution in [0.15, 0.2) is 48.5 Å². The minimum Gasteiger partial charge on any atom is -0.390 e. The number of thiophene rings is 1. The molecule has 0 spiro atoms. The van der Waals surface area contributed by atoms with Crippen LogP contribution in [0.2, 0.25) is 5.02 Å². The fourth-order valence-corrected chi connectivity index (χ4v) is 5.06. The van der Waals surface area contributed by atoms with Gasteiger partial charge in [-0.15, -0.1) is 11.3 Å². The van der Waals surface area contributed by atoms with E-state index in [9.17, 15) is 4.79 Å². The van der Waals surface area contributed by atoms with Crippen molar-refractivity contribution in [2.24, 2.45) is 0 Å². The van der Waals surface area contributed by atoms with E-state index in [4.69, 9.17) is 17.3 Å². The van der Waals surface area contributed by atoms with Gasteiger partial charge in [0.1, 0.15) is 0 Å². The smallest absolute Gasteiger partial charge is 0.196 e. The molecule has 1 aliphatic rings. The van der Waals surface area contributed by atoms with Gasteiger partial charge in [-0.05, 0) is 61.4 Å². The number of hydrogen-bond acceptors (Lipinski definition) is 5. The van der Waals surface area contributed by atoms with Crippen LogP contribution in [0.4, 0.5) is 10.7 Å². The number of rotatable bonds is 5. The second-order valence-corrected chi connectivity index (χ2v) is 9.51. The molecule has 0 aliphatic carbocycles. The molecule has 2 N–H and O–H groups in total. The molecule has 1 saturated heterocycles. The molecular weight excluding hydrogens is 414 g/mol. The molecule has 30 heavy (non-hydrogen) atoms. The van der Waals surface area contributed by atoms with Gasteiger partial charge in [0.2, 0.25) is 0 Å². The zero-order valence-corrected chi connectivity index (χ0v) is 18.9. The third-order valence-corrected chi connectivity index (χ3v) is 6.92. The molecule has 0 atom stereocenters. The highest BCUT2D eigenvalue weighted by Crippen LogP contribution is 2.34. The Labute approximate surface area is 186 Å². The quantitative estimate of drug-likeness (QED) is 0.558. The summed E-state index contributed by atoms with van der Waals surface area (Å²) in [4.78, 5) is 19.1. The number of carbonyl (C=O) groups is 1. The van der Waals surface area contributed by atoms with Crippen molar-refractivity contribution in [3.8, 4) is 0 Å². The van der Waals surface area contributed by atoms with Gasteiger partial charge in [0.25, 0.3) is 0 Å². The van der Waals surface area contributed by atoms with Gasteiger partial charge in [-0.2, -0.15) is 0 Å². The highest BCUT2D eigenvalue weighted by atomic mass is 35.5. The first-order chi connectivity index (χ1) is 14.4. The highest BCUT2D eigenvalue weighted by molar-refractivity contribution is 7.16. The summed E-state index contributed by atoms with van der Waals surface area (Å²) in [5.74, 6) is -0.0260. The van der Waals surface area contributed by atoms with E-state index in [0.29, 0.717) is 21.2 Å². The molecule has 156 valence electrons. The van der Waals surface area contributed by atoms with Gasteiger partial charge in [0, 0.05) is 53.9 Å². The van der Waals surface area contributed by atoms with E-state index < -0.39 is 0 Å². The fourth-order valence-electron chi connectivity index (χ4n) is 4.00. The minimum absolute atomic E-state index is 0.0260. The predicted molar refractivity (Wildman–Crippen MR) is 127 cm³/mol. The maximum Gasteiger partial charge on any atom is 0.196 e. The summed E-state index contributed by atoms with van der Waals surface area (Å²) >= 11 is 7.48. The van der Waals surface area contributed by atoms with Crippen molar-refractivity contribution in [1.29, 1.82) is 0 Å². The Morgan fingerprint density at radius 2 is 1.77 bits per heavy atom. The number of nitrogens with two attached hydrogens (primary N) is 1. The average molecular weight is 440 g/mol. The molecule has 0 amide bonds. The number of ketones is 1. The fraction of sp³-hybridized carbons (Fsp3) is 0.292. The zero-order chi connectivity index (χ0) is 21.3. The van der Waals surface area contributed by atoms with Crippen molar-refractivity contribution in [3.63, 3.8) is 0 Å². The number of anilines is 2. The first kappa shape index (κ1) is 20.9. The van der Waals surface area contributed by atoms with Crippen molar-refractivity contribution in [3.05, 3.63) is 80.7 Å². The Hall–Kier alpha value is -2.34. The number of aryl methyl sites for hydroxylation is 2. The normalized spacial score (nSPS) is 14.8. The summed E-state index contributed by atoms with van der Waals surface area (Å²) in [6, 6.07) is 15.7. The second kappa shape index (κ2) is 8.80. The summed E-state index contributed by atoms with van der Waals surface area (Å²) in [5, 5.41) is 1.22. The summed E-state index contributed by atoms with van der Waals surface area (Å²) in [6.45, 7) is 8.79. The van der Waals surface area contributed by atoms with Crippen LogP contribution in [0.1, 0.15) is 31.9 Å². The second-order valence-electron chi connectivity index (χ2n) is 7.81. The van der Waals surface area contributed by atoms with Crippen LogP contribution in [0.5, 0.6) is 0 Å². The molecule has 4 rings (SSSR count). The minimum atomic E-state index is -0.0260. The number of carbonyl (C=O) groups excluding carboxylic acids is 1. The number of halogens is 1. The molecule has 1 fully saturated rings. The third kappa shape index (κ3) is 4.38. The average Bonchev–Trinajstić information content (AvgIpc) is 3.01. The Kier molecular flexibility index (Phi) is 6.14. The summed E-state index contributed by atoms with van der Waals surface area (Å²) in [6.07, 6.45) is 0. The molecule has 6 heteroatoms. The summed E-state index contributed by atoms with van der Waals surface area (Å²) in [7, 11) is 0. The van der Waals surface area contributed by atoms with Crippen molar-refractivity contribution in [1.82, 2.24) is 4.90 Å². The van der Waals surface area contributed by atoms with Gasteiger partial charge in [0.05, 0.1) is 10.6 Å². The van der Waals surface area contributed by atoms with Gasteiger partial charge in [0.15, 0.2) is 5.78 Å². The van der Waals surface area contributed by atoms with Crippen LogP contribution in [-0.2, 0) is 6.54 Å². The van der Waals surface area contributed by atoms with Crippen LogP contribution in [0, 0.1) is 13.8 Å².